The third kappa shape index (κ3) is 4.62. The highest BCUT2D eigenvalue weighted by Crippen LogP contribution is 2.17. The van der Waals surface area contributed by atoms with Crippen LogP contribution < -0.4 is 11.1 Å². The predicted molar refractivity (Wildman–Crippen MR) is 67.9 cm³/mol. The van der Waals surface area contributed by atoms with E-state index in [9.17, 15) is 13.2 Å². The Kier molecular flexibility index (Phi) is 4.36. The molecule has 0 unspecified atom stereocenters. The second kappa shape index (κ2) is 5.37. The number of anilines is 1. The van der Waals surface area contributed by atoms with Crippen LogP contribution in [0.25, 0.3) is 0 Å². The highest BCUT2D eigenvalue weighted by molar-refractivity contribution is 7.90. The average Bonchev–Trinajstić information content (AvgIpc) is 2.15. The third-order valence-electron chi connectivity index (χ3n) is 2.02. The molecule has 0 fully saturated rings. The first-order valence-electron chi connectivity index (χ1n) is 4.80. The lowest BCUT2D eigenvalue weighted by atomic mass is 10.1. The number of rotatable bonds is 4. The number of carbonyl (C=O) groups excluding carboxylic acids is 1. The molecule has 0 aromatic heterocycles. The van der Waals surface area contributed by atoms with E-state index in [1.807, 2.05) is 0 Å². The molecule has 0 atom stereocenters. The lowest BCUT2D eigenvalue weighted by molar-refractivity contribution is 0.0957. The first-order chi connectivity index (χ1) is 7.79. The van der Waals surface area contributed by atoms with Gasteiger partial charge in [-0.3, -0.25) is 4.79 Å². The molecule has 17 heavy (non-hydrogen) atoms. The van der Waals surface area contributed by atoms with Gasteiger partial charge in [0.2, 0.25) is 0 Å². The number of nitrogen functional groups attached to an aromatic ring is 1. The maximum atomic E-state index is 11.6. The molecule has 0 spiro atoms. The number of halogens is 1. The molecule has 5 nitrogen and oxygen atoms in total. The van der Waals surface area contributed by atoms with Crippen LogP contribution in [0.2, 0.25) is 5.02 Å². The van der Waals surface area contributed by atoms with Crippen LogP contribution in [0.1, 0.15) is 10.4 Å². The van der Waals surface area contributed by atoms with Crippen LogP contribution in [0.4, 0.5) is 5.69 Å². The minimum Gasteiger partial charge on any atom is -0.398 e. The van der Waals surface area contributed by atoms with Crippen molar-refractivity contribution in [2.45, 2.75) is 0 Å². The van der Waals surface area contributed by atoms with Crippen LogP contribution in [0, 0.1) is 0 Å². The van der Waals surface area contributed by atoms with Crippen LogP contribution in [-0.2, 0) is 9.84 Å². The summed E-state index contributed by atoms with van der Waals surface area (Å²) in [5.74, 6) is -0.519. The van der Waals surface area contributed by atoms with E-state index < -0.39 is 15.7 Å². The van der Waals surface area contributed by atoms with E-state index in [0.717, 1.165) is 6.26 Å². The van der Waals surface area contributed by atoms with Crippen molar-refractivity contribution in [3.63, 3.8) is 0 Å². The lowest BCUT2D eigenvalue weighted by Gasteiger charge is -2.07. The lowest BCUT2D eigenvalue weighted by Crippen LogP contribution is -2.29. The monoisotopic (exact) mass is 276 g/mol. The highest BCUT2D eigenvalue weighted by Gasteiger charge is 2.10. The number of sulfone groups is 1. The molecule has 0 aliphatic carbocycles. The Labute approximate surface area is 105 Å². The highest BCUT2D eigenvalue weighted by atomic mass is 35.5. The van der Waals surface area contributed by atoms with Gasteiger partial charge in [-0.1, -0.05) is 11.6 Å². The van der Waals surface area contributed by atoms with Crippen molar-refractivity contribution in [3.8, 4) is 0 Å². The quantitative estimate of drug-likeness (QED) is 0.792. The molecule has 0 bridgehead atoms. The summed E-state index contributed by atoms with van der Waals surface area (Å²) in [5.41, 5.74) is 6.16. The van der Waals surface area contributed by atoms with Gasteiger partial charge in [0.05, 0.1) is 11.3 Å². The largest absolute Gasteiger partial charge is 0.398 e. The Bertz CT molecular complexity index is 528. The minimum atomic E-state index is -3.09. The van der Waals surface area contributed by atoms with Crippen LogP contribution in [-0.4, -0.2) is 32.9 Å². The Morgan fingerprint density at radius 1 is 1.47 bits per heavy atom. The molecular formula is C10H13ClN2O3S. The first-order valence-corrected chi connectivity index (χ1v) is 7.24. The number of hydrogen-bond donors (Lipinski definition) is 2. The van der Waals surface area contributed by atoms with Crippen LogP contribution in [0.5, 0.6) is 0 Å². The van der Waals surface area contributed by atoms with E-state index in [4.69, 9.17) is 17.3 Å². The van der Waals surface area contributed by atoms with E-state index in [1.54, 1.807) is 6.07 Å². The molecule has 0 radical (unpaired) electrons. The summed E-state index contributed by atoms with van der Waals surface area (Å²) < 4.78 is 21.7. The Hall–Kier alpha value is -1.27. The van der Waals surface area contributed by atoms with Crippen LogP contribution >= 0.6 is 11.6 Å². The molecule has 1 rings (SSSR count). The zero-order valence-electron chi connectivity index (χ0n) is 9.23. The molecular weight excluding hydrogens is 264 g/mol. The Morgan fingerprint density at radius 3 is 2.65 bits per heavy atom. The zero-order valence-corrected chi connectivity index (χ0v) is 10.8. The molecule has 0 aliphatic rings. The fraction of sp³-hybridized carbons (Fsp3) is 0.300. The van der Waals surface area contributed by atoms with Gasteiger partial charge in [0.25, 0.3) is 5.91 Å². The predicted octanol–water partition coefficient (Wildman–Crippen LogP) is 0.697. The van der Waals surface area contributed by atoms with Gasteiger partial charge >= 0.3 is 0 Å². The molecule has 1 aromatic carbocycles. The Balaban J connectivity index is 2.65. The number of carbonyl (C=O) groups is 1. The molecule has 0 saturated heterocycles. The van der Waals surface area contributed by atoms with Gasteiger partial charge in [0.15, 0.2) is 0 Å². The Morgan fingerprint density at radius 2 is 2.12 bits per heavy atom. The van der Waals surface area contributed by atoms with E-state index in [1.165, 1.54) is 12.1 Å². The zero-order chi connectivity index (χ0) is 13.1. The number of benzene rings is 1. The van der Waals surface area contributed by atoms with Crippen molar-refractivity contribution in [2.24, 2.45) is 0 Å². The molecule has 1 amide bonds. The standard InChI is InChI=1S/C10H13ClN2O3S/c1-17(15,16)5-4-13-10(14)8-3-2-7(11)6-9(8)12/h2-3,6H,4-5,12H2,1H3,(H,13,14). The van der Waals surface area contributed by atoms with E-state index >= 15 is 0 Å². The summed E-state index contributed by atoms with van der Waals surface area (Å²) in [6.07, 6.45) is 1.11. The van der Waals surface area contributed by atoms with E-state index in [2.05, 4.69) is 5.32 Å². The first kappa shape index (κ1) is 13.8. The van der Waals surface area contributed by atoms with Crippen molar-refractivity contribution >= 4 is 33.0 Å². The second-order valence-corrected chi connectivity index (χ2v) is 6.31. The fourth-order valence-corrected chi connectivity index (χ4v) is 1.84. The van der Waals surface area contributed by atoms with Gasteiger partial charge in [0, 0.05) is 23.5 Å². The van der Waals surface area contributed by atoms with Crippen molar-refractivity contribution in [3.05, 3.63) is 28.8 Å². The molecule has 0 saturated carbocycles. The topological polar surface area (TPSA) is 89.3 Å². The summed E-state index contributed by atoms with van der Waals surface area (Å²) in [5, 5.41) is 2.91. The van der Waals surface area contributed by atoms with E-state index in [0.29, 0.717) is 5.02 Å². The summed E-state index contributed by atoms with van der Waals surface area (Å²) in [7, 11) is -3.09. The van der Waals surface area contributed by atoms with Gasteiger partial charge in [-0.2, -0.15) is 0 Å². The van der Waals surface area contributed by atoms with Gasteiger partial charge in [-0.15, -0.1) is 0 Å². The maximum absolute atomic E-state index is 11.6. The smallest absolute Gasteiger partial charge is 0.253 e. The summed E-state index contributed by atoms with van der Waals surface area (Å²) >= 11 is 5.69. The molecule has 3 N–H and O–H groups in total. The van der Waals surface area contributed by atoms with Crippen LogP contribution in [0.3, 0.4) is 0 Å². The van der Waals surface area contributed by atoms with Crippen LogP contribution in [0.15, 0.2) is 18.2 Å². The molecule has 1 aromatic rings. The molecule has 7 heteroatoms. The second-order valence-electron chi connectivity index (χ2n) is 3.62. The fourth-order valence-electron chi connectivity index (χ4n) is 1.19. The number of nitrogens with one attached hydrogen (secondary N) is 1. The minimum absolute atomic E-state index is 0.0553. The summed E-state index contributed by atoms with van der Waals surface area (Å²) in [6, 6.07) is 4.50. The van der Waals surface area contributed by atoms with Crippen molar-refractivity contribution in [1.29, 1.82) is 0 Å². The van der Waals surface area contributed by atoms with Crippen molar-refractivity contribution < 1.29 is 13.2 Å². The number of nitrogens with two attached hydrogens (primary N) is 1. The number of amides is 1. The van der Waals surface area contributed by atoms with E-state index in [-0.39, 0.29) is 23.5 Å². The van der Waals surface area contributed by atoms with Gasteiger partial charge in [-0.05, 0) is 18.2 Å². The molecule has 0 aliphatic heterocycles. The molecule has 94 valence electrons. The van der Waals surface area contributed by atoms with Gasteiger partial charge in [0.1, 0.15) is 9.84 Å². The average molecular weight is 277 g/mol. The number of hydrogen-bond acceptors (Lipinski definition) is 4. The van der Waals surface area contributed by atoms with Gasteiger partial charge in [-0.25, -0.2) is 8.42 Å². The third-order valence-corrected chi connectivity index (χ3v) is 3.20. The maximum Gasteiger partial charge on any atom is 0.253 e. The van der Waals surface area contributed by atoms with Gasteiger partial charge < -0.3 is 11.1 Å². The van der Waals surface area contributed by atoms with Crippen molar-refractivity contribution in [2.75, 3.05) is 24.3 Å². The molecule has 0 heterocycles. The summed E-state index contributed by atoms with van der Waals surface area (Å²) in [4.78, 5) is 11.6. The SMILES string of the molecule is CS(=O)(=O)CCNC(=O)c1ccc(Cl)cc1N. The summed E-state index contributed by atoms with van der Waals surface area (Å²) in [6.45, 7) is 0.0553. The normalized spacial score (nSPS) is 11.2. The van der Waals surface area contributed by atoms with Crippen molar-refractivity contribution in [1.82, 2.24) is 5.32 Å².